The maximum atomic E-state index is 12.1. The monoisotopic (exact) mass is 366 g/mol. The van der Waals surface area contributed by atoms with Gasteiger partial charge in [0.05, 0.1) is 23.8 Å². The number of thiazole rings is 1. The number of anilines is 1. The Morgan fingerprint density at radius 3 is 3.00 bits per heavy atom. The normalized spacial score (nSPS) is 15.5. The first-order valence-corrected chi connectivity index (χ1v) is 9.78. The van der Waals surface area contributed by atoms with Crippen LogP contribution in [0, 0.1) is 0 Å². The fourth-order valence-corrected chi connectivity index (χ4v) is 4.29. The minimum atomic E-state index is 0.0763. The van der Waals surface area contributed by atoms with Crippen LogP contribution in [-0.2, 0) is 16.0 Å². The van der Waals surface area contributed by atoms with Crippen molar-refractivity contribution in [3.63, 3.8) is 0 Å². The van der Waals surface area contributed by atoms with Crippen LogP contribution >= 0.6 is 22.7 Å². The largest absolute Gasteiger partial charge is 0.379 e. The van der Waals surface area contributed by atoms with Crippen molar-refractivity contribution < 1.29 is 9.53 Å². The van der Waals surface area contributed by atoms with Crippen molar-refractivity contribution in [3.05, 3.63) is 22.4 Å². The molecule has 1 aliphatic rings. The lowest BCUT2D eigenvalue weighted by Gasteiger charge is -2.26. The predicted octanol–water partition coefficient (Wildman–Crippen LogP) is 1.83. The van der Waals surface area contributed by atoms with Gasteiger partial charge in [0.25, 0.3) is 0 Å². The molecule has 8 heteroatoms. The zero-order chi connectivity index (χ0) is 16.8. The number of hydrogen-bond acceptors (Lipinski definition) is 7. The van der Waals surface area contributed by atoms with Gasteiger partial charge in [0.1, 0.15) is 0 Å². The molecule has 1 amide bonds. The third-order valence-electron chi connectivity index (χ3n) is 3.90. The summed E-state index contributed by atoms with van der Waals surface area (Å²) in [6, 6.07) is 4.03. The third kappa shape index (κ3) is 4.76. The van der Waals surface area contributed by atoms with Crippen molar-refractivity contribution in [3.8, 4) is 10.6 Å². The van der Waals surface area contributed by atoms with E-state index in [1.165, 1.54) is 11.3 Å². The summed E-state index contributed by atoms with van der Waals surface area (Å²) in [6.45, 7) is 5.02. The minimum Gasteiger partial charge on any atom is -0.379 e. The molecular formula is C16H22N4O2S2. The second-order valence-corrected chi connectivity index (χ2v) is 7.67. The summed E-state index contributed by atoms with van der Waals surface area (Å²) >= 11 is 3.11. The van der Waals surface area contributed by atoms with Crippen LogP contribution in [-0.4, -0.2) is 55.2 Å². The molecule has 2 aromatic rings. The van der Waals surface area contributed by atoms with Crippen molar-refractivity contribution in [1.82, 2.24) is 15.2 Å². The summed E-state index contributed by atoms with van der Waals surface area (Å²) in [5.41, 5.74) is 6.78. The number of thiophene rings is 1. The zero-order valence-electron chi connectivity index (χ0n) is 13.5. The van der Waals surface area contributed by atoms with E-state index in [4.69, 9.17) is 10.5 Å². The van der Waals surface area contributed by atoms with E-state index in [2.05, 4.69) is 15.2 Å². The Bertz CT molecular complexity index is 651. The standard InChI is InChI=1S/C16H22N4O2S2/c17-16-19-15(12-2-1-11-23-12)13(24-16)3-4-14(21)18-5-6-20-7-9-22-10-8-20/h1-2,11H,3-10H2,(H2,17,19)(H,18,21). The van der Waals surface area contributed by atoms with E-state index in [1.54, 1.807) is 11.3 Å². The molecule has 1 fully saturated rings. The minimum absolute atomic E-state index is 0.0763. The van der Waals surface area contributed by atoms with Gasteiger partial charge in [0.2, 0.25) is 5.91 Å². The molecule has 2 aromatic heterocycles. The molecule has 0 radical (unpaired) electrons. The van der Waals surface area contributed by atoms with E-state index in [9.17, 15) is 4.79 Å². The van der Waals surface area contributed by atoms with Crippen LogP contribution in [0.3, 0.4) is 0 Å². The lowest BCUT2D eigenvalue weighted by atomic mass is 10.2. The van der Waals surface area contributed by atoms with E-state index < -0.39 is 0 Å². The van der Waals surface area contributed by atoms with Gasteiger partial charge < -0.3 is 15.8 Å². The first-order chi connectivity index (χ1) is 11.7. The van der Waals surface area contributed by atoms with E-state index in [-0.39, 0.29) is 5.91 Å². The van der Waals surface area contributed by atoms with Crippen LogP contribution in [0.1, 0.15) is 11.3 Å². The van der Waals surface area contributed by atoms with E-state index >= 15 is 0 Å². The number of carbonyl (C=O) groups excluding carboxylic acids is 1. The van der Waals surface area contributed by atoms with Crippen LogP contribution in [0.5, 0.6) is 0 Å². The Labute approximate surface area is 149 Å². The zero-order valence-corrected chi connectivity index (χ0v) is 15.1. The Morgan fingerprint density at radius 1 is 1.42 bits per heavy atom. The van der Waals surface area contributed by atoms with Gasteiger partial charge in [-0.25, -0.2) is 4.98 Å². The molecule has 0 saturated carbocycles. The van der Waals surface area contributed by atoms with Crippen molar-refractivity contribution in [1.29, 1.82) is 0 Å². The fraction of sp³-hybridized carbons (Fsp3) is 0.500. The maximum absolute atomic E-state index is 12.1. The summed E-state index contributed by atoms with van der Waals surface area (Å²) in [5, 5.41) is 5.57. The number of aromatic nitrogens is 1. The Balaban J connectivity index is 1.44. The van der Waals surface area contributed by atoms with Gasteiger partial charge in [0, 0.05) is 37.5 Å². The Hall–Kier alpha value is -1.48. The highest BCUT2D eigenvalue weighted by Gasteiger charge is 2.14. The molecule has 3 rings (SSSR count). The number of nitrogens with two attached hydrogens (primary N) is 1. The molecule has 3 N–H and O–H groups in total. The van der Waals surface area contributed by atoms with Gasteiger partial charge in [-0.1, -0.05) is 6.07 Å². The second-order valence-electron chi connectivity index (χ2n) is 5.61. The number of morpholine rings is 1. The summed E-state index contributed by atoms with van der Waals surface area (Å²) in [7, 11) is 0. The van der Waals surface area contributed by atoms with Gasteiger partial charge in [-0.15, -0.1) is 22.7 Å². The van der Waals surface area contributed by atoms with Crippen molar-refractivity contribution >= 4 is 33.7 Å². The molecule has 130 valence electrons. The molecule has 0 bridgehead atoms. The van der Waals surface area contributed by atoms with Crippen LogP contribution in [0.4, 0.5) is 5.13 Å². The van der Waals surface area contributed by atoms with Crippen molar-refractivity contribution in [2.24, 2.45) is 0 Å². The predicted molar refractivity (Wildman–Crippen MR) is 98.4 cm³/mol. The van der Waals surface area contributed by atoms with Gasteiger partial charge >= 0.3 is 0 Å². The van der Waals surface area contributed by atoms with E-state index in [0.717, 1.165) is 48.3 Å². The molecule has 0 aromatic carbocycles. The molecule has 3 heterocycles. The quantitative estimate of drug-likeness (QED) is 0.781. The average Bonchev–Trinajstić information content (AvgIpc) is 3.23. The molecule has 1 aliphatic heterocycles. The highest BCUT2D eigenvalue weighted by atomic mass is 32.1. The van der Waals surface area contributed by atoms with Gasteiger partial charge in [0.15, 0.2) is 5.13 Å². The van der Waals surface area contributed by atoms with Gasteiger partial charge in [-0.2, -0.15) is 0 Å². The highest BCUT2D eigenvalue weighted by molar-refractivity contribution is 7.17. The number of hydrogen-bond donors (Lipinski definition) is 2. The first-order valence-electron chi connectivity index (χ1n) is 8.08. The summed E-state index contributed by atoms with van der Waals surface area (Å²) < 4.78 is 5.32. The smallest absolute Gasteiger partial charge is 0.220 e. The van der Waals surface area contributed by atoms with E-state index in [0.29, 0.717) is 24.5 Å². The topological polar surface area (TPSA) is 80.5 Å². The number of rotatable bonds is 7. The molecule has 0 atom stereocenters. The molecule has 6 nitrogen and oxygen atoms in total. The third-order valence-corrected chi connectivity index (χ3v) is 5.72. The SMILES string of the molecule is Nc1nc(-c2cccs2)c(CCC(=O)NCCN2CCOCC2)s1. The summed E-state index contributed by atoms with van der Waals surface area (Å²) in [6.07, 6.45) is 1.13. The fourth-order valence-electron chi connectivity index (χ4n) is 2.64. The Kier molecular flexibility index (Phi) is 6.19. The lowest BCUT2D eigenvalue weighted by molar-refractivity contribution is -0.121. The van der Waals surface area contributed by atoms with Crippen molar-refractivity contribution in [2.45, 2.75) is 12.8 Å². The highest BCUT2D eigenvalue weighted by Crippen LogP contribution is 2.33. The van der Waals surface area contributed by atoms with Crippen LogP contribution in [0.25, 0.3) is 10.6 Å². The molecule has 24 heavy (non-hydrogen) atoms. The first kappa shape index (κ1) is 17.3. The van der Waals surface area contributed by atoms with Crippen molar-refractivity contribution in [2.75, 3.05) is 45.1 Å². The van der Waals surface area contributed by atoms with E-state index in [1.807, 2.05) is 17.5 Å². The second kappa shape index (κ2) is 8.57. The molecule has 0 spiro atoms. The Morgan fingerprint density at radius 2 is 2.25 bits per heavy atom. The number of aryl methyl sites for hydroxylation is 1. The van der Waals surface area contributed by atoms with Crippen LogP contribution in [0.15, 0.2) is 17.5 Å². The average molecular weight is 367 g/mol. The van der Waals surface area contributed by atoms with Crippen LogP contribution < -0.4 is 11.1 Å². The number of nitrogens with zero attached hydrogens (tertiary/aromatic N) is 2. The molecule has 0 unspecified atom stereocenters. The summed E-state index contributed by atoms with van der Waals surface area (Å²) in [5.74, 6) is 0.0763. The van der Waals surface area contributed by atoms with Crippen LogP contribution in [0.2, 0.25) is 0 Å². The number of carbonyl (C=O) groups is 1. The van der Waals surface area contributed by atoms with Gasteiger partial charge in [-0.05, 0) is 17.9 Å². The lowest BCUT2D eigenvalue weighted by Crippen LogP contribution is -2.41. The number of nitrogen functional groups attached to an aromatic ring is 1. The molecule has 1 saturated heterocycles. The number of nitrogens with one attached hydrogen (secondary N) is 1. The maximum Gasteiger partial charge on any atom is 0.220 e. The summed E-state index contributed by atoms with van der Waals surface area (Å²) in [4.78, 5) is 21.0. The number of amides is 1. The molecule has 0 aliphatic carbocycles. The molecular weight excluding hydrogens is 344 g/mol. The van der Waals surface area contributed by atoms with Gasteiger partial charge in [-0.3, -0.25) is 9.69 Å². The number of ether oxygens (including phenoxy) is 1.